The summed E-state index contributed by atoms with van der Waals surface area (Å²) in [6.07, 6.45) is 3.87. The van der Waals surface area contributed by atoms with E-state index in [0.29, 0.717) is 12.8 Å². The molecule has 5 nitrogen and oxygen atoms in total. The summed E-state index contributed by atoms with van der Waals surface area (Å²) in [7, 11) is 0. The van der Waals surface area contributed by atoms with Gasteiger partial charge in [0.05, 0.1) is 5.54 Å². The highest BCUT2D eigenvalue weighted by atomic mass is 32.1. The van der Waals surface area contributed by atoms with Crippen molar-refractivity contribution in [3.63, 3.8) is 0 Å². The summed E-state index contributed by atoms with van der Waals surface area (Å²) >= 11 is 1.52. The number of carbonyl (C=O) groups excluding carboxylic acids is 2. The fourth-order valence-corrected chi connectivity index (χ4v) is 3.67. The van der Waals surface area contributed by atoms with Crippen LogP contribution in [0.3, 0.4) is 0 Å². The van der Waals surface area contributed by atoms with Crippen LogP contribution in [-0.4, -0.2) is 33.8 Å². The van der Waals surface area contributed by atoms with Gasteiger partial charge in [0.2, 0.25) is 11.8 Å². The summed E-state index contributed by atoms with van der Waals surface area (Å²) in [5.41, 5.74) is -0.574. The van der Waals surface area contributed by atoms with E-state index in [4.69, 9.17) is 0 Å². The maximum absolute atomic E-state index is 12.9. The van der Waals surface area contributed by atoms with Gasteiger partial charge >= 0.3 is 0 Å². The fraction of sp³-hybridized carbons (Fsp3) is 0.667. The Morgan fingerprint density at radius 3 is 2.62 bits per heavy atom. The molecule has 21 heavy (non-hydrogen) atoms. The number of nitrogens with zero attached hydrogens (tertiary/aromatic N) is 2. The van der Waals surface area contributed by atoms with Crippen molar-refractivity contribution in [3.8, 4) is 0 Å². The van der Waals surface area contributed by atoms with E-state index in [1.54, 1.807) is 11.1 Å². The quantitative estimate of drug-likeness (QED) is 0.907. The third kappa shape index (κ3) is 2.81. The van der Waals surface area contributed by atoms with Crippen LogP contribution in [0.25, 0.3) is 0 Å². The molecule has 2 amide bonds. The van der Waals surface area contributed by atoms with Crippen molar-refractivity contribution in [1.82, 2.24) is 15.2 Å². The van der Waals surface area contributed by atoms with Gasteiger partial charge in [0.15, 0.2) is 0 Å². The molecule has 2 unspecified atom stereocenters. The molecule has 1 saturated heterocycles. The summed E-state index contributed by atoms with van der Waals surface area (Å²) in [5.74, 6) is -0.0521. The van der Waals surface area contributed by atoms with Gasteiger partial charge in [0, 0.05) is 11.6 Å². The highest BCUT2D eigenvalue weighted by Gasteiger charge is 2.47. The van der Waals surface area contributed by atoms with Crippen molar-refractivity contribution in [1.29, 1.82) is 0 Å². The summed E-state index contributed by atoms with van der Waals surface area (Å²) < 4.78 is 0. The molecule has 1 N–H and O–H groups in total. The normalized spacial score (nSPS) is 23.3. The predicted molar refractivity (Wildman–Crippen MR) is 82.9 cm³/mol. The van der Waals surface area contributed by atoms with Crippen molar-refractivity contribution in [2.45, 2.75) is 64.6 Å². The Labute approximate surface area is 129 Å². The number of piperazine rings is 1. The van der Waals surface area contributed by atoms with Crippen LogP contribution in [0.15, 0.2) is 11.6 Å². The van der Waals surface area contributed by atoms with Gasteiger partial charge in [0.25, 0.3) is 0 Å². The number of nitrogens with one attached hydrogen (secondary N) is 1. The minimum Gasteiger partial charge on any atom is -0.343 e. The van der Waals surface area contributed by atoms with Crippen molar-refractivity contribution in [2.75, 3.05) is 0 Å². The number of thiazole rings is 1. The molecule has 0 saturated carbocycles. The van der Waals surface area contributed by atoms with E-state index < -0.39 is 17.6 Å². The Kier molecular flexibility index (Phi) is 4.66. The van der Waals surface area contributed by atoms with Crippen LogP contribution < -0.4 is 5.32 Å². The first-order valence-corrected chi connectivity index (χ1v) is 8.35. The maximum atomic E-state index is 12.9. The number of rotatable bonds is 5. The third-order valence-corrected chi connectivity index (χ3v) is 5.07. The minimum atomic E-state index is -0.574. The second kappa shape index (κ2) is 6.13. The van der Waals surface area contributed by atoms with Gasteiger partial charge in [-0.1, -0.05) is 20.3 Å². The Morgan fingerprint density at radius 1 is 1.38 bits per heavy atom. The van der Waals surface area contributed by atoms with Crippen LogP contribution in [0.5, 0.6) is 0 Å². The smallest absolute Gasteiger partial charge is 0.246 e. The van der Waals surface area contributed by atoms with Gasteiger partial charge in [0.1, 0.15) is 17.1 Å². The Balaban J connectivity index is 2.40. The zero-order valence-electron chi connectivity index (χ0n) is 13.0. The van der Waals surface area contributed by atoms with Crippen LogP contribution in [-0.2, 0) is 15.1 Å². The molecule has 0 aliphatic carbocycles. The molecule has 1 aliphatic heterocycles. The lowest BCUT2D eigenvalue weighted by Crippen LogP contribution is -2.67. The summed E-state index contributed by atoms with van der Waals surface area (Å²) in [6, 6.07) is -0.839. The van der Waals surface area contributed by atoms with Crippen molar-refractivity contribution >= 4 is 23.2 Å². The molecular weight excluding hydrogens is 286 g/mol. The molecule has 2 rings (SSSR count). The average Bonchev–Trinajstić information content (AvgIpc) is 2.96. The molecule has 1 aromatic rings. The first-order chi connectivity index (χ1) is 9.93. The second-order valence-corrected chi connectivity index (χ2v) is 6.77. The summed E-state index contributed by atoms with van der Waals surface area (Å²) in [4.78, 5) is 31.3. The molecule has 1 aromatic heterocycles. The van der Waals surface area contributed by atoms with Gasteiger partial charge < -0.3 is 10.2 Å². The number of hydrogen-bond donors (Lipinski definition) is 1. The molecule has 0 aromatic carbocycles. The number of amides is 2. The fourth-order valence-electron chi connectivity index (χ4n) is 2.91. The predicted octanol–water partition coefficient (Wildman–Crippen LogP) is 2.28. The van der Waals surface area contributed by atoms with E-state index in [1.165, 1.54) is 11.3 Å². The summed E-state index contributed by atoms with van der Waals surface area (Å²) in [5, 5.41) is 5.63. The van der Waals surface area contributed by atoms with Gasteiger partial charge in [-0.15, -0.1) is 11.3 Å². The number of hydrogen-bond acceptors (Lipinski definition) is 4. The van der Waals surface area contributed by atoms with Crippen LogP contribution in [0.2, 0.25) is 0 Å². The molecule has 6 heteroatoms. The van der Waals surface area contributed by atoms with E-state index in [2.05, 4.69) is 10.3 Å². The van der Waals surface area contributed by atoms with E-state index in [1.807, 2.05) is 33.1 Å². The van der Waals surface area contributed by atoms with E-state index in [-0.39, 0.29) is 11.8 Å². The monoisotopic (exact) mass is 309 g/mol. The molecule has 0 radical (unpaired) electrons. The topological polar surface area (TPSA) is 62.3 Å². The zero-order chi connectivity index (χ0) is 15.6. The van der Waals surface area contributed by atoms with Crippen LogP contribution >= 0.6 is 11.3 Å². The van der Waals surface area contributed by atoms with Gasteiger partial charge in [-0.3, -0.25) is 9.59 Å². The maximum Gasteiger partial charge on any atom is 0.246 e. The van der Waals surface area contributed by atoms with Gasteiger partial charge in [-0.05, 0) is 26.7 Å². The number of carbonyl (C=O) groups is 2. The highest BCUT2D eigenvalue weighted by Crippen LogP contribution is 2.34. The standard InChI is InChI=1S/C15H23N3O2S/c1-5-7-10-13(20)18(11(6-2)12(19)17-10)15(3,4)14-16-8-9-21-14/h8-11H,5-7H2,1-4H3,(H,17,19). The molecule has 2 heterocycles. The SMILES string of the molecule is CCCC1NC(=O)C(CC)N(C(C)(C)c2nccs2)C1=O. The zero-order valence-corrected chi connectivity index (χ0v) is 13.9. The van der Waals surface area contributed by atoms with Gasteiger partial charge in [-0.25, -0.2) is 4.98 Å². The first-order valence-electron chi connectivity index (χ1n) is 7.47. The third-order valence-electron chi connectivity index (χ3n) is 3.99. The van der Waals surface area contributed by atoms with Crippen LogP contribution in [0.4, 0.5) is 0 Å². The largest absolute Gasteiger partial charge is 0.343 e. The minimum absolute atomic E-state index is 0.00324. The van der Waals surface area contributed by atoms with E-state index >= 15 is 0 Å². The molecule has 116 valence electrons. The average molecular weight is 309 g/mol. The Morgan fingerprint density at radius 2 is 2.10 bits per heavy atom. The summed E-state index contributed by atoms with van der Waals surface area (Å²) in [6.45, 7) is 7.88. The molecule has 2 atom stereocenters. The van der Waals surface area contributed by atoms with E-state index in [9.17, 15) is 9.59 Å². The first kappa shape index (κ1) is 15.9. The van der Waals surface area contributed by atoms with E-state index in [0.717, 1.165) is 11.4 Å². The van der Waals surface area contributed by atoms with Crippen molar-refractivity contribution in [3.05, 3.63) is 16.6 Å². The number of aromatic nitrogens is 1. The molecule has 1 aliphatic rings. The lowest BCUT2D eigenvalue weighted by Gasteiger charge is -2.46. The molecular formula is C15H23N3O2S. The highest BCUT2D eigenvalue weighted by molar-refractivity contribution is 7.09. The van der Waals surface area contributed by atoms with Crippen molar-refractivity contribution in [2.24, 2.45) is 0 Å². The second-order valence-electron chi connectivity index (χ2n) is 5.88. The lowest BCUT2D eigenvalue weighted by atomic mass is 9.93. The van der Waals surface area contributed by atoms with Crippen LogP contribution in [0.1, 0.15) is 52.0 Å². The van der Waals surface area contributed by atoms with Crippen LogP contribution in [0, 0.1) is 0 Å². The molecule has 1 fully saturated rings. The molecule has 0 bridgehead atoms. The van der Waals surface area contributed by atoms with Crippen molar-refractivity contribution < 1.29 is 9.59 Å². The molecule has 0 spiro atoms. The van der Waals surface area contributed by atoms with Gasteiger partial charge in [-0.2, -0.15) is 0 Å². The Bertz CT molecular complexity index is 513. The lowest BCUT2D eigenvalue weighted by molar-refractivity contribution is -0.156. The Hall–Kier alpha value is -1.43.